The molecule has 0 aliphatic carbocycles. The van der Waals surface area contributed by atoms with E-state index in [1.54, 1.807) is 0 Å². The van der Waals surface area contributed by atoms with E-state index >= 15 is 0 Å². The molecule has 0 spiro atoms. The Hall–Kier alpha value is -1.24. The zero-order chi connectivity index (χ0) is 21.1. The van der Waals surface area contributed by atoms with Gasteiger partial charge in [-0.1, -0.05) is 39.0 Å². The third-order valence-corrected chi connectivity index (χ3v) is 8.13. The summed E-state index contributed by atoms with van der Waals surface area (Å²) in [6.45, 7) is 2.89. The van der Waals surface area contributed by atoms with Crippen LogP contribution < -0.4 is 10.6 Å². The summed E-state index contributed by atoms with van der Waals surface area (Å²) in [5, 5.41) is 15.9. The second-order valence-electron chi connectivity index (χ2n) is 8.50. The van der Waals surface area contributed by atoms with Gasteiger partial charge < -0.3 is 15.7 Å². The van der Waals surface area contributed by atoms with Gasteiger partial charge in [0.05, 0.1) is 6.54 Å². The largest absolute Gasteiger partial charge is 0.481 e. The van der Waals surface area contributed by atoms with Gasteiger partial charge in [0, 0.05) is 29.9 Å². The lowest BCUT2D eigenvalue weighted by molar-refractivity contribution is -0.137. The van der Waals surface area contributed by atoms with Crippen molar-refractivity contribution >= 4 is 29.5 Å². The molecule has 2 rings (SSSR count). The van der Waals surface area contributed by atoms with Crippen molar-refractivity contribution in [1.82, 2.24) is 10.6 Å². The van der Waals surface area contributed by atoms with Crippen LogP contribution in [0.4, 0.5) is 0 Å². The van der Waals surface area contributed by atoms with Crippen LogP contribution in [0, 0.1) is 11.8 Å². The minimum Gasteiger partial charge on any atom is -0.481 e. The molecule has 166 valence electrons. The lowest BCUT2D eigenvalue weighted by Crippen LogP contribution is -2.42. The van der Waals surface area contributed by atoms with Gasteiger partial charge in [-0.25, -0.2) is 0 Å². The molecule has 0 aromatic rings. The van der Waals surface area contributed by atoms with Gasteiger partial charge in [-0.05, 0) is 43.9 Å². The molecule has 7 heteroatoms. The number of carbonyl (C=O) groups is 3. The second kappa shape index (κ2) is 13.1. The summed E-state index contributed by atoms with van der Waals surface area (Å²) >= 11 is 2.10. The van der Waals surface area contributed by atoms with E-state index in [4.69, 9.17) is 5.11 Å². The maximum atomic E-state index is 12.2. The molecular formula is C22H38N2O4S. The Balaban J connectivity index is 1.63. The molecule has 4 atom stereocenters. The van der Waals surface area contributed by atoms with Gasteiger partial charge in [0.25, 0.3) is 0 Å². The number of nitrogens with one attached hydrogen (secondary N) is 2. The number of amides is 2. The van der Waals surface area contributed by atoms with Gasteiger partial charge in [0.15, 0.2) is 0 Å². The van der Waals surface area contributed by atoms with Gasteiger partial charge in [-0.2, -0.15) is 11.8 Å². The first-order chi connectivity index (χ1) is 14.0. The first kappa shape index (κ1) is 24.0. The third kappa shape index (κ3) is 8.57. The molecule has 4 unspecified atom stereocenters. The summed E-state index contributed by atoms with van der Waals surface area (Å²) in [6.07, 6.45) is 11.5. The van der Waals surface area contributed by atoms with E-state index in [9.17, 15) is 14.4 Å². The summed E-state index contributed by atoms with van der Waals surface area (Å²) < 4.78 is 0. The number of aliphatic carboxylic acids is 1. The summed E-state index contributed by atoms with van der Waals surface area (Å²) in [7, 11) is 0. The number of rotatable bonds is 15. The molecule has 2 fully saturated rings. The maximum absolute atomic E-state index is 12.2. The highest BCUT2D eigenvalue weighted by Crippen LogP contribution is 2.54. The average molecular weight is 427 g/mol. The first-order valence-corrected chi connectivity index (χ1v) is 12.4. The topological polar surface area (TPSA) is 95.5 Å². The van der Waals surface area contributed by atoms with E-state index < -0.39 is 5.97 Å². The minimum atomic E-state index is -0.706. The van der Waals surface area contributed by atoms with Crippen LogP contribution in [0.1, 0.15) is 84.0 Å². The molecule has 6 nitrogen and oxygen atoms in total. The number of carboxylic acids is 1. The molecule has 29 heavy (non-hydrogen) atoms. The monoisotopic (exact) mass is 426 g/mol. The highest BCUT2D eigenvalue weighted by molar-refractivity contribution is 8.01. The van der Waals surface area contributed by atoms with Crippen LogP contribution in [0.5, 0.6) is 0 Å². The van der Waals surface area contributed by atoms with E-state index in [1.807, 2.05) is 0 Å². The van der Waals surface area contributed by atoms with Gasteiger partial charge in [-0.3, -0.25) is 14.4 Å². The van der Waals surface area contributed by atoms with Gasteiger partial charge in [-0.15, -0.1) is 0 Å². The summed E-state index contributed by atoms with van der Waals surface area (Å²) in [5.41, 5.74) is 0. The highest BCUT2D eigenvalue weighted by atomic mass is 32.2. The molecule has 0 radical (unpaired) electrons. The lowest BCUT2D eigenvalue weighted by Gasteiger charge is -2.30. The Morgan fingerprint density at radius 1 is 0.862 bits per heavy atom. The first-order valence-electron chi connectivity index (χ1n) is 11.4. The summed E-state index contributed by atoms with van der Waals surface area (Å²) in [6, 6.07) is 0. The Bertz CT molecular complexity index is 543. The summed E-state index contributed by atoms with van der Waals surface area (Å²) in [4.78, 5) is 34.5. The predicted molar refractivity (Wildman–Crippen MR) is 117 cm³/mol. The molecule has 0 aromatic carbocycles. The Morgan fingerprint density at radius 3 is 2.28 bits per heavy atom. The van der Waals surface area contributed by atoms with Crippen LogP contribution in [0.3, 0.4) is 0 Å². The van der Waals surface area contributed by atoms with Crippen molar-refractivity contribution in [2.45, 2.75) is 94.5 Å². The van der Waals surface area contributed by atoms with Crippen LogP contribution in [0.25, 0.3) is 0 Å². The van der Waals surface area contributed by atoms with E-state index in [2.05, 4.69) is 29.3 Å². The smallest absolute Gasteiger partial charge is 0.303 e. The molecule has 2 aliphatic rings. The molecule has 2 heterocycles. The van der Waals surface area contributed by atoms with Gasteiger partial charge >= 0.3 is 5.97 Å². The fourth-order valence-electron chi connectivity index (χ4n) is 4.66. The van der Waals surface area contributed by atoms with Crippen LogP contribution in [0.2, 0.25) is 0 Å². The SMILES string of the molecule is CCCCCC(=O)NCC(=O)NCC1C2CCC(S2)C1CCCCCCC(=O)O. The Morgan fingerprint density at radius 2 is 1.55 bits per heavy atom. The van der Waals surface area contributed by atoms with Crippen molar-refractivity contribution < 1.29 is 19.5 Å². The highest BCUT2D eigenvalue weighted by Gasteiger charge is 2.47. The molecule has 2 amide bonds. The quantitative estimate of drug-likeness (QED) is 0.347. The zero-order valence-corrected chi connectivity index (χ0v) is 18.6. The van der Waals surface area contributed by atoms with Gasteiger partial charge in [0.1, 0.15) is 0 Å². The molecule has 2 saturated heterocycles. The van der Waals surface area contributed by atoms with Crippen molar-refractivity contribution in [3.8, 4) is 0 Å². The standard InChI is InChI=1S/C22H38N2O4S/c1-2-3-6-10-20(25)24-15-21(26)23-14-17-16(18-12-13-19(17)29-18)9-7-4-5-8-11-22(27)28/h16-19H,2-15H2,1H3,(H,23,26)(H,24,25)(H,27,28). The number of fused-ring (bicyclic) bond motifs is 2. The van der Waals surface area contributed by atoms with Crippen LogP contribution >= 0.6 is 11.8 Å². The van der Waals surface area contributed by atoms with E-state index in [0.29, 0.717) is 30.1 Å². The molecule has 2 bridgehead atoms. The van der Waals surface area contributed by atoms with Crippen molar-refractivity contribution in [3.05, 3.63) is 0 Å². The fraction of sp³-hybridized carbons (Fsp3) is 0.864. The molecule has 2 aliphatic heterocycles. The second-order valence-corrected chi connectivity index (χ2v) is 9.99. The predicted octanol–water partition coefficient (Wildman–Crippen LogP) is 3.73. The summed E-state index contributed by atoms with van der Waals surface area (Å²) in [5.74, 6) is 0.352. The van der Waals surface area contributed by atoms with E-state index in [1.165, 1.54) is 19.3 Å². The molecule has 0 saturated carbocycles. The fourth-order valence-corrected chi connectivity index (χ4v) is 6.69. The molecule has 0 aromatic heterocycles. The number of carbonyl (C=O) groups excluding carboxylic acids is 2. The lowest BCUT2D eigenvalue weighted by atomic mass is 9.76. The van der Waals surface area contributed by atoms with Crippen molar-refractivity contribution in [2.75, 3.05) is 13.1 Å². The van der Waals surface area contributed by atoms with Crippen LogP contribution in [0.15, 0.2) is 0 Å². The van der Waals surface area contributed by atoms with Gasteiger partial charge in [0.2, 0.25) is 11.8 Å². The maximum Gasteiger partial charge on any atom is 0.303 e. The number of hydrogen-bond acceptors (Lipinski definition) is 4. The zero-order valence-electron chi connectivity index (χ0n) is 17.8. The van der Waals surface area contributed by atoms with Crippen molar-refractivity contribution in [2.24, 2.45) is 11.8 Å². The van der Waals surface area contributed by atoms with Crippen LogP contribution in [-0.4, -0.2) is 46.5 Å². The van der Waals surface area contributed by atoms with Crippen molar-refractivity contribution in [1.29, 1.82) is 0 Å². The van der Waals surface area contributed by atoms with E-state index in [-0.39, 0.29) is 24.8 Å². The number of thioether (sulfide) groups is 1. The van der Waals surface area contributed by atoms with E-state index in [0.717, 1.165) is 50.2 Å². The normalized spacial score (nSPS) is 25.1. The average Bonchev–Trinajstić information content (AvgIpc) is 3.29. The minimum absolute atomic E-state index is 0.0372. The number of carboxylic acid groups (broad SMARTS) is 1. The third-order valence-electron chi connectivity index (χ3n) is 6.26. The number of unbranched alkanes of at least 4 members (excludes halogenated alkanes) is 5. The van der Waals surface area contributed by atoms with Crippen LogP contribution in [-0.2, 0) is 14.4 Å². The Kier molecular flexibility index (Phi) is 10.9. The van der Waals surface area contributed by atoms with Crippen molar-refractivity contribution in [3.63, 3.8) is 0 Å². The Labute approximate surface area is 179 Å². The number of hydrogen-bond donors (Lipinski definition) is 3. The molecular weight excluding hydrogens is 388 g/mol. The molecule has 3 N–H and O–H groups in total.